The van der Waals surface area contributed by atoms with Crippen molar-refractivity contribution in [1.82, 2.24) is 4.90 Å². The lowest BCUT2D eigenvalue weighted by molar-refractivity contribution is -0.135. The molecule has 0 aliphatic carbocycles. The molecule has 2 rings (SSSR count). The first-order valence-electron chi connectivity index (χ1n) is 8.70. The Labute approximate surface area is 169 Å². The van der Waals surface area contributed by atoms with E-state index in [1.165, 1.54) is 4.90 Å². The summed E-state index contributed by atoms with van der Waals surface area (Å²) >= 11 is 11.9. The first kappa shape index (κ1) is 21.1. The highest BCUT2D eigenvalue weighted by atomic mass is 35.5. The number of para-hydroxylation sites is 1. The second kappa shape index (κ2) is 10.8. The van der Waals surface area contributed by atoms with Crippen LogP contribution in [0.4, 0.5) is 5.69 Å². The number of anilines is 1. The smallest absolute Gasteiger partial charge is 0.244 e. The van der Waals surface area contributed by atoms with Crippen LogP contribution in [0.15, 0.2) is 48.5 Å². The molecule has 0 unspecified atom stereocenters. The number of hydrogen-bond acceptors (Lipinski definition) is 3. The fraction of sp³-hybridized carbons (Fsp3) is 0.300. The second-order valence-electron chi connectivity index (χ2n) is 5.90. The monoisotopic (exact) mass is 408 g/mol. The molecule has 0 saturated heterocycles. The number of halogens is 2. The number of ether oxygens (including phenoxy) is 1. The lowest BCUT2D eigenvalue weighted by Gasteiger charge is -2.22. The second-order valence-corrected chi connectivity index (χ2v) is 6.74. The van der Waals surface area contributed by atoms with Gasteiger partial charge in [-0.05, 0) is 36.8 Å². The zero-order chi connectivity index (χ0) is 19.6. The maximum absolute atomic E-state index is 12.4. The predicted octanol–water partition coefficient (Wildman–Crippen LogP) is 4.64. The van der Waals surface area contributed by atoms with Gasteiger partial charge in [0.1, 0.15) is 5.75 Å². The molecular formula is C20H22Cl2N2O3. The summed E-state index contributed by atoms with van der Waals surface area (Å²) in [6, 6.07) is 14.1. The highest BCUT2D eigenvalue weighted by Gasteiger charge is 2.17. The largest absolute Gasteiger partial charge is 0.493 e. The lowest BCUT2D eigenvalue weighted by atomic mass is 10.3. The number of nitrogens with zero attached hydrogens (tertiary/aromatic N) is 1. The van der Waals surface area contributed by atoms with E-state index in [0.29, 0.717) is 28.0 Å². The number of rotatable bonds is 9. The van der Waals surface area contributed by atoms with Crippen LogP contribution in [0.25, 0.3) is 0 Å². The zero-order valence-electron chi connectivity index (χ0n) is 15.1. The summed E-state index contributed by atoms with van der Waals surface area (Å²) in [5.41, 5.74) is 0.461. The Hall–Kier alpha value is -2.24. The fourth-order valence-electron chi connectivity index (χ4n) is 2.45. The SMILES string of the molecule is CCCN(CC(=O)Nc1ccc(Cl)cc1Cl)C(=O)CCOc1ccccc1. The van der Waals surface area contributed by atoms with Crippen LogP contribution in [-0.2, 0) is 9.59 Å². The van der Waals surface area contributed by atoms with Gasteiger partial charge in [0.15, 0.2) is 0 Å². The van der Waals surface area contributed by atoms with Crippen molar-refractivity contribution in [2.24, 2.45) is 0 Å². The molecule has 27 heavy (non-hydrogen) atoms. The maximum Gasteiger partial charge on any atom is 0.244 e. The van der Waals surface area contributed by atoms with Crippen LogP contribution in [0.3, 0.4) is 0 Å². The Balaban J connectivity index is 1.87. The van der Waals surface area contributed by atoms with E-state index in [1.54, 1.807) is 18.2 Å². The molecular weight excluding hydrogens is 387 g/mol. The number of carbonyl (C=O) groups excluding carboxylic acids is 2. The van der Waals surface area contributed by atoms with Crippen molar-refractivity contribution in [2.75, 3.05) is 25.0 Å². The van der Waals surface area contributed by atoms with E-state index < -0.39 is 0 Å². The van der Waals surface area contributed by atoms with Crippen molar-refractivity contribution < 1.29 is 14.3 Å². The number of amides is 2. The van der Waals surface area contributed by atoms with Crippen LogP contribution in [0.2, 0.25) is 10.0 Å². The Morgan fingerprint density at radius 2 is 1.85 bits per heavy atom. The minimum atomic E-state index is -0.315. The minimum Gasteiger partial charge on any atom is -0.493 e. The minimum absolute atomic E-state index is 0.0447. The zero-order valence-corrected chi connectivity index (χ0v) is 16.6. The summed E-state index contributed by atoms with van der Waals surface area (Å²) in [6.45, 7) is 2.66. The van der Waals surface area contributed by atoms with E-state index in [9.17, 15) is 9.59 Å². The molecule has 0 atom stereocenters. The third-order valence-corrected chi connectivity index (χ3v) is 4.26. The van der Waals surface area contributed by atoms with E-state index in [2.05, 4.69) is 5.32 Å². The van der Waals surface area contributed by atoms with Crippen molar-refractivity contribution in [1.29, 1.82) is 0 Å². The van der Waals surface area contributed by atoms with Crippen molar-refractivity contribution >= 4 is 40.7 Å². The number of carbonyl (C=O) groups is 2. The molecule has 7 heteroatoms. The molecule has 0 radical (unpaired) electrons. The van der Waals surface area contributed by atoms with E-state index in [4.69, 9.17) is 27.9 Å². The molecule has 0 bridgehead atoms. The molecule has 0 aliphatic rings. The molecule has 0 saturated carbocycles. The highest BCUT2D eigenvalue weighted by Crippen LogP contribution is 2.25. The molecule has 5 nitrogen and oxygen atoms in total. The Kier molecular flexibility index (Phi) is 8.43. The van der Waals surface area contributed by atoms with Gasteiger partial charge < -0.3 is 15.0 Å². The molecule has 0 aromatic heterocycles. The molecule has 2 aromatic carbocycles. The fourth-order valence-corrected chi connectivity index (χ4v) is 2.90. The van der Waals surface area contributed by atoms with Crippen molar-refractivity contribution in [3.8, 4) is 5.75 Å². The average Bonchev–Trinajstić information content (AvgIpc) is 2.64. The molecule has 0 aliphatic heterocycles. The van der Waals surface area contributed by atoms with E-state index in [-0.39, 0.29) is 31.4 Å². The van der Waals surface area contributed by atoms with Gasteiger partial charge in [-0.1, -0.05) is 48.3 Å². The van der Waals surface area contributed by atoms with E-state index in [0.717, 1.165) is 6.42 Å². The standard InChI is InChI=1S/C20H22Cl2N2O3/c1-2-11-24(20(26)10-12-27-16-6-4-3-5-7-16)14-19(25)23-18-9-8-15(21)13-17(18)22/h3-9,13H,2,10-12,14H2,1H3,(H,23,25). The molecule has 1 N–H and O–H groups in total. The van der Waals surface area contributed by atoms with Crippen LogP contribution < -0.4 is 10.1 Å². The summed E-state index contributed by atoms with van der Waals surface area (Å²) in [6.07, 6.45) is 0.949. The predicted molar refractivity (Wildman–Crippen MR) is 109 cm³/mol. The summed E-state index contributed by atoms with van der Waals surface area (Å²) in [4.78, 5) is 26.3. The van der Waals surface area contributed by atoms with Crippen LogP contribution in [0, 0.1) is 0 Å². The van der Waals surface area contributed by atoms with Gasteiger partial charge in [0.25, 0.3) is 0 Å². The summed E-state index contributed by atoms with van der Waals surface area (Å²) in [5, 5.41) is 3.54. The third kappa shape index (κ3) is 7.12. The number of benzene rings is 2. The van der Waals surface area contributed by atoms with Gasteiger partial charge in [-0.15, -0.1) is 0 Å². The topological polar surface area (TPSA) is 58.6 Å². The van der Waals surface area contributed by atoms with E-state index >= 15 is 0 Å². The Morgan fingerprint density at radius 3 is 2.52 bits per heavy atom. The molecule has 0 spiro atoms. The van der Waals surface area contributed by atoms with Gasteiger partial charge in [0.05, 0.1) is 30.3 Å². The first-order chi connectivity index (χ1) is 13.0. The molecule has 2 aromatic rings. The Bertz CT molecular complexity index is 769. The average molecular weight is 409 g/mol. The molecule has 0 fully saturated rings. The normalized spacial score (nSPS) is 10.3. The quantitative estimate of drug-likeness (QED) is 0.657. The van der Waals surface area contributed by atoms with Gasteiger partial charge in [-0.2, -0.15) is 0 Å². The summed E-state index contributed by atoms with van der Waals surface area (Å²) in [5.74, 6) is 0.262. The lowest BCUT2D eigenvalue weighted by Crippen LogP contribution is -2.39. The van der Waals surface area contributed by atoms with Crippen LogP contribution in [0.5, 0.6) is 5.75 Å². The van der Waals surface area contributed by atoms with Crippen molar-refractivity contribution in [3.63, 3.8) is 0 Å². The molecule has 0 heterocycles. The van der Waals surface area contributed by atoms with Crippen molar-refractivity contribution in [2.45, 2.75) is 19.8 Å². The third-order valence-electron chi connectivity index (χ3n) is 3.71. The molecule has 144 valence electrons. The van der Waals surface area contributed by atoms with Gasteiger partial charge in [-0.3, -0.25) is 9.59 Å². The highest BCUT2D eigenvalue weighted by molar-refractivity contribution is 6.36. The van der Waals surface area contributed by atoms with Crippen molar-refractivity contribution in [3.05, 3.63) is 58.6 Å². The van der Waals surface area contributed by atoms with Crippen LogP contribution in [-0.4, -0.2) is 36.4 Å². The van der Waals surface area contributed by atoms with E-state index in [1.807, 2.05) is 37.3 Å². The Morgan fingerprint density at radius 1 is 1.11 bits per heavy atom. The first-order valence-corrected chi connectivity index (χ1v) is 9.45. The number of nitrogens with one attached hydrogen (secondary N) is 1. The van der Waals surface area contributed by atoms with Gasteiger partial charge in [-0.25, -0.2) is 0 Å². The molecule has 2 amide bonds. The van der Waals surface area contributed by atoms with Gasteiger partial charge >= 0.3 is 0 Å². The van der Waals surface area contributed by atoms with Gasteiger partial charge in [0, 0.05) is 11.6 Å². The maximum atomic E-state index is 12.4. The van der Waals surface area contributed by atoms with Gasteiger partial charge in [0.2, 0.25) is 11.8 Å². The summed E-state index contributed by atoms with van der Waals surface area (Å²) < 4.78 is 5.55. The van der Waals surface area contributed by atoms with Crippen LogP contribution >= 0.6 is 23.2 Å². The van der Waals surface area contributed by atoms with Crippen LogP contribution in [0.1, 0.15) is 19.8 Å². The number of hydrogen-bond donors (Lipinski definition) is 1. The summed E-state index contributed by atoms with van der Waals surface area (Å²) in [7, 11) is 0.